The van der Waals surface area contributed by atoms with E-state index in [1.54, 1.807) is 5.57 Å². The number of anilines is 1. The molecule has 0 aromatic heterocycles. The second-order valence-electron chi connectivity index (χ2n) is 3.92. The molecule has 0 aliphatic carbocycles. The minimum absolute atomic E-state index is 0.531. The molecular formula is C12H14N2S. The van der Waals surface area contributed by atoms with Crippen molar-refractivity contribution in [3.05, 3.63) is 41.5 Å². The summed E-state index contributed by atoms with van der Waals surface area (Å²) in [5.41, 5.74) is 4.29. The third-order valence-corrected chi connectivity index (χ3v) is 4.10. The molecular weight excluding hydrogens is 204 g/mol. The lowest BCUT2D eigenvalue weighted by molar-refractivity contribution is 0.690. The van der Waals surface area contributed by atoms with Gasteiger partial charge in [-0.3, -0.25) is 0 Å². The van der Waals surface area contributed by atoms with E-state index in [0.29, 0.717) is 5.25 Å². The van der Waals surface area contributed by atoms with Crippen molar-refractivity contribution < 1.29 is 0 Å². The van der Waals surface area contributed by atoms with Crippen LogP contribution in [0.2, 0.25) is 0 Å². The summed E-state index contributed by atoms with van der Waals surface area (Å²) in [5, 5.41) is 3.89. The Morgan fingerprint density at radius 3 is 3.07 bits per heavy atom. The molecule has 15 heavy (non-hydrogen) atoms. The number of hydrogen-bond acceptors (Lipinski definition) is 3. The molecule has 0 saturated heterocycles. The van der Waals surface area contributed by atoms with Crippen LogP contribution >= 0.6 is 11.9 Å². The molecule has 2 aliphatic rings. The summed E-state index contributed by atoms with van der Waals surface area (Å²) in [6.45, 7) is 2.14. The normalized spacial score (nSPS) is 24.3. The smallest absolute Gasteiger partial charge is 0.0726 e. The fraction of sp³-hybridized carbons (Fsp3) is 0.333. The summed E-state index contributed by atoms with van der Waals surface area (Å²) in [4.78, 5) is 0. The lowest BCUT2D eigenvalue weighted by atomic mass is 9.99. The van der Waals surface area contributed by atoms with Gasteiger partial charge >= 0.3 is 0 Å². The maximum atomic E-state index is 3.40. The fourth-order valence-electron chi connectivity index (χ4n) is 2.16. The van der Waals surface area contributed by atoms with E-state index in [0.717, 1.165) is 13.1 Å². The minimum atomic E-state index is 0.531. The van der Waals surface area contributed by atoms with Crippen LogP contribution in [0.4, 0.5) is 5.69 Å². The molecule has 0 saturated carbocycles. The third-order valence-electron chi connectivity index (χ3n) is 2.97. The summed E-state index contributed by atoms with van der Waals surface area (Å²) < 4.78 is 3.40. The first-order chi connectivity index (χ1) is 7.45. The van der Waals surface area contributed by atoms with Crippen molar-refractivity contribution in [2.45, 2.75) is 11.7 Å². The molecule has 0 spiro atoms. The van der Waals surface area contributed by atoms with Crippen LogP contribution in [-0.4, -0.2) is 13.1 Å². The van der Waals surface area contributed by atoms with E-state index < -0.39 is 0 Å². The first-order valence-corrected chi connectivity index (χ1v) is 6.23. The summed E-state index contributed by atoms with van der Waals surface area (Å²) in [6.07, 6.45) is 3.51. The van der Waals surface area contributed by atoms with E-state index in [9.17, 15) is 0 Å². The largest absolute Gasteiger partial charge is 0.329 e. The molecule has 1 aromatic rings. The van der Waals surface area contributed by atoms with Crippen LogP contribution in [0.3, 0.4) is 0 Å². The molecule has 0 bridgehead atoms. The number of fused-ring (bicyclic) bond motifs is 1. The van der Waals surface area contributed by atoms with Gasteiger partial charge in [-0.15, -0.1) is 0 Å². The summed E-state index contributed by atoms with van der Waals surface area (Å²) in [7, 11) is 0. The van der Waals surface area contributed by atoms with Crippen molar-refractivity contribution >= 4 is 17.6 Å². The van der Waals surface area contributed by atoms with Crippen molar-refractivity contribution in [1.29, 1.82) is 0 Å². The molecule has 2 nitrogen and oxygen atoms in total. The quantitative estimate of drug-likeness (QED) is 0.560. The molecule has 1 aromatic carbocycles. The van der Waals surface area contributed by atoms with Gasteiger partial charge in [-0.05, 0) is 36.5 Å². The van der Waals surface area contributed by atoms with Gasteiger partial charge in [-0.25, -0.2) is 0 Å². The van der Waals surface area contributed by atoms with Crippen molar-refractivity contribution in [3.63, 3.8) is 0 Å². The Labute approximate surface area is 94.3 Å². The van der Waals surface area contributed by atoms with Gasteiger partial charge < -0.3 is 10.0 Å². The topological polar surface area (TPSA) is 24.1 Å². The number of hydrogen-bond donors (Lipinski definition) is 2. The Kier molecular flexibility index (Phi) is 2.43. The Hall–Kier alpha value is -0.930. The lowest BCUT2D eigenvalue weighted by Crippen LogP contribution is -2.21. The first kappa shape index (κ1) is 9.31. The average Bonchev–Trinajstić information content (AvgIpc) is 2.74. The van der Waals surface area contributed by atoms with Crippen LogP contribution in [0.1, 0.15) is 17.2 Å². The molecule has 2 N–H and O–H groups in total. The van der Waals surface area contributed by atoms with Crippen molar-refractivity contribution in [2.75, 3.05) is 17.8 Å². The SMILES string of the molecule is C1=C(C2SNc3ccccc32)CCNC1. The maximum absolute atomic E-state index is 3.40. The van der Waals surface area contributed by atoms with Gasteiger partial charge in [0.05, 0.1) is 5.25 Å². The highest BCUT2D eigenvalue weighted by Gasteiger charge is 2.26. The Morgan fingerprint density at radius 1 is 1.27 bits per heavy atom. The molecule has 3 rings (SSSR count). The van der Waals surface area contributed by atoms with Gasteiger partial charge in [0.1, 0.15) is 0 Å². The van der Waals surface area contributed by atoms with Crippen molar-refractivity contribution in [2.24, 2.45) is 0 Å². The van der Waals surface area contributed by atoms with Crippen molar-refractivity contribution in [3.8, 4) is 0 Å². The zero-order valence-electron chi connectivity index (χ0n) is 8.49. The Balaban J connectivity index is 1.93. The van der Waals surface area contributed by atoms with Gasteiger partial charge in [-0.1, -0.05) is 29.8 Å². The zero-order valence-corrected chi connectivity index (χ0v) is 9.31. The molecule has 0 fully saturated rings. The van der Waals surface area contributed by atoms with Gasteiger partial charge in [0.2, 0.25) is 0 Å². The summed E-state index contributed by atoms with van der Waals surface area (Å²) in [6, 6.07) is 8.60. The van der Waals surface area contributed by atoms with E-state index in [-0.39, 0.29) is 0 Å². The molecule has 1 unspecified atom stereocenters. The molecule has 78 valence electrons. The predicted molar refractivity (Wildman–Crippen MR) is 66.0 cm³/mol. The molecule has 0 radical (unpaired) electrons. The third kappa shape index (κ3) is 1.66. The Bertz CT molecular complexity index is 400. The zero-order chi connectivity index (χ0) is 10.1. The number of nitrogens with one attached hydrogen (secondary N) is 2. The van der Waals surface area contributed by atoms with Crippen LogP contribution in [0.5, 0.6) is 0 Å². The molecule has 3 heteroatoms. The average molecular weight is 218 g/mol. The highest BCUT2D eigenvalue weighted by molar-refractivity contribution is 8.01. The highest BCUT2D eigenvalue weighted by atomic mass is 32.2. The second-order valence-corrected chi connectivity index (χ2v) is 4.83. The predicted octanol–water partition coefficient (Wildman–Crippen LogP) is 2.72. The standard InChI is InChI=1S/C12H14N2S/c1-2-4-11-10(3-1)12(15-14-11)9-5-7-13-8-6-9/h1-5,12-14H,6-8H2. The van der Waals surface area contributed by atoms with Crippen LogP contribution in [0.15, 0.2) is 35.9 Å². The second kappa shape index (κ2) is 3.91. The van der Waals surface area contributed by atoms with E-state index in [2.05, 4.69) is 40.4 Å². The van der Waals surface area contributed by atoms with Gasteiger partial charge in [0, 0.05) is 12.2 Å². The summed E-state index contributed by atoms with van der Waals surface area (Å²) in [5.74, 6) is 0. The van der Waals surface area contributed by atoms with Crippen molar-refractivity contribution in [1.82, 2.24) is 5.32 Å². The lowest BCUT2D eigenvalue weighted by Gasteiger charge is -2.18. The molecule has 2 heterocycles. The van der Waals surface area contributed by atoms with E-state index in [1.807, 2.05) is 11.9 Å². The number of para-hydroxylation sites is 1. The number of rotatable bonds is 1. The summed E-state index contributed by atoms with van der Waals surface area (Å²) >= 11 is 1.83. The van der Waals surface area contributed by atoms with Crippen LogP contribution < -0.4 is 10.0 Å². The minimum Gasteiger partial charge on any atom is -0.329 e. The first-order valence-electron chi connectivity index (χ1n) is 5.35. The van der Waals surface area contributed by atoms with Gasteiger partial charge in [0.25, 0.3) is 0 Å². The van der Waals surface area contributed by atoms with Crippen LogP contribution in [-0.2, 0) is 0 Å². The monoisotopic (exact) mass is 218 g/mol. The van der Waals surface area contributed by atoms with Crippen LogP contribution in [0.25, 0.3) is 0 Å². The number of benzene rings is 1. The fourth-order valence-corrected chi connectivity index (χ4v) is 3.29. The van der Waals surface area contributed by atoms with E-state index in [1.165, 1.54) is 17.7 Å². The molecule has 0 amide bonds. The highest BCUT2D eigenvalue weighted by Crippen LogP contribution is 2.46. The Morgan fingerprint density at radius 2 is 2.20 bits per heavy atom. The van der Waals surface area contributed by atoms with E-state index >= 15 is 0 Å². The maximum Gasteiger partial charge on any atom is 0.0726 e. The molecule has 2 aliphatic heterocycles. The van der Waals surface area contributed by atoms with Gasteiger partial charge in [-0.2, -0.15) is 0 Å². The molecule has 1 atom stereocenters. The van der Waals surface area contributed by atoms with Crippen LogP contribution in [0, 0.1) is 0 Å². The van der Waals surface area contributed by atoms with Gasteiger partial charge in [0.15, 0.2) is 0 Å². The van der Waals surface area contributed by atoms with E-state index in [4.69, 9.17) is 0 Å².